The Morgan fingerprint density at radius 2 is 1.87 bits per heavy atom. The highest BCUT2D eigenvalue weighted by atomic mass is 14.3. The van der Waals surface area contributed by atoms with Crippen LogP contribution in [-0.4, -0.2) is 0 Å². The molecule has 1 unspecified atom stereocenters. The molecular formula is C15H24. The van der Waals surface area contributed by atoms with Gasteiger partial charge in [0.05, 0.1) is 0 Å². The Morgan fingerprint density at radius 1 is 1.20 bits per heavy atom. The minimum Gasteiger partial charge on any atom is -0.0683 e. The van der Waals surface area contributed by atoms with Crippen LogP contribution in [0, 0.1) is 12.8 Å². The van der Waals surface area contributed by atoms with Crippen LogP contribution in [0.1, 0.15) is 56.7 Å². The average molecular weight is 204 g/mol. The summed E-state index contributed by atoms with van der Waals surface area (Å²) < 4.78 is 0. The largest absolute Gasteiger partial charge is 0.0683 e. The highest BCUT2D eigenvalue weighted by Gasteiger charge is 2.24. The van der Waals surface area contributed by atoms with Crippen molar-refractivity contribution in [3.05, 3.63) is 34.9 Å². The van der Waals surface area contributed by atoms with Crippen molar-refractivity contribution in [2.75, 3.05) is 0 Å². The second kappa shape index (κ2) is 5.34. The maximum absolute atomic E-state index is 2.36. The fourth-order valence-corrected chi connectivity index (χ4v) is 2.47. The van der Waals surface area contributed by atoms with Gasteiger partial charge in [0.15, 0.2) is 0 Å². The van der Waals surface area contributed by atoms with Gasteiger partial charge >= 0.3 is 0 Å². The molecule has 0 nitrogen and oxygen atoms in total. The minimum absolute atomic E-state index is 0.795. The summed E-state index contributed by atoms with van der Waals surface area (Å²) in [7, 11) is 0. The third-order valence-corrected chi connectivity index (χ3v) is 3.23. The molecule has 0 saturated heterocycles. The molecule has 84 valence electrons. The molecule has 0 heterocycles. The summed E-state index contributed by atoms with van der Waals surface area (Å²) in [6.07, 6.45) is 2.65. The van der Waals surface area contributed by atoms with Gasteiger partial charge in [0.1, 0.15) is 0 Å². The van der Waals surface area contributed by atoms with Crippen molar-refractivity contribution in [1.82, 2.24) is 0 Å². The molecule has 1 atom stereocenters. The molecule has 0 N–H and O–H groups in total. The molecule has 0 radical (unpaired) electrons. The Hall–Kier alpha value is -0.780. The smallest absolute Gasteiger partial charge is 0.0133 e. The standard InChI is InChI=1S/C13H18.C2H6/c1-9(2)12-7-5-11-8-10(3)4-6-13(11)12;1-2/h4,6,8-9,12H,5,7H2,1-3H3;1-2H3. The number of hydrogen-bond acceptors (Lipinski definition) is 0. The minimum atomic E-state index is 0.795. The van der Waals surface area contributed by atoms with Gasteiger partial charge in [-0.15, -0.1) is 0 Å². The molecule has 0 spiro atoms. The van der Waals surface area contributed by atoms with Crippen LogP contribution >= 0.6 is 0 Å². The van der Waals surface area contributed by atoms with Gasteiger partial charge in [0.2, 0.25) is 0 Å². The van der Waals surface area contributed by atoms with E-state index in [4.69, 9.17) is 0 Å². The lowest BCUT2D eigenvalue weighted by Crippen LogP contribution is -2.01. The van der Waals surface area contributed by atoms with Gasteiger partial charge in [-0.25, -0.2) is 0 Å². The molecule has 1 aliphatic carbocycles. The first-order valence-electron chi connectivity index (χ1n) is 6.28. The van der Waals surface area contributed by atoms with Gasteiger partial charge in [-0.2, -0.15) is 0 Å². The van der Waals surface area contributed by atoms with Crippen molar-refractivity contribution in [3.8, 4) is 0 Å². The first-order valence-corrected chi connectivity index (χ1v) is 6.28. The van der Waals surface area contributed by atoms with Crippen LogP contribution in [0.3, 0.4) is 0 Å². The average Bonchev–Trinajstić information content (AvgIpc) is 2.63. The van der Waals surface area contributed by atoms with Crippen LogP contribution in [0.25, 0.3) is 0 Å². The van der Waals surface area contributed by atoms with E-state index < -0.39 is 0 Å². The van der Waals surface area contributed by atoms with E-state index in [2.05, 4.69) is 39.0 Å². The van der Waals surface area contributed by atoms with Crippen molar-refractivity contribution in [2.24, 2.45) is 5.92 Å². The van der Waals surface area contributed by atoms with Gasteiger partial charge in [-0.1, -0.05) is 51.5 Å². The van der Waals surface area contributed by atoms with Crippen molar-refractivity contribution in [1.29, 1.82) is 0 Å². The Morgan fingerprint density at radius 3 is 2.47 bits per heavy atom. The third kappa shape index (κ3) is 2.62. The van der Waals surface area contributed by atoms with Crippen molar-refractivity contribution >= 4 is 0 Å². The number of rotatable bonds is 1. The van der Waals surface area contributed by atoms with Gasteiger partial charge in [-0.05, 0) is 42.7 Å². The lowest BCUT2D eigenvalue weighted by Gasteiger charge is -2.15. The van der Waals surface area contributed by atoms with E-state index in [1.54, 1.807) is 11.1 Å². The van der Waals surface area contributed by atoms with Gasteiger partial charge in [0.25, 0.3) is 0 Å². The second-order valence-electron chi connectivity index (χ2n) is 4.59. The summed E-state index contributed by atoms with van der Waals surface area (Å²) >= 11 is 0. The first-order chi connectivity index (χ1) is 7.18. The summed E-state index contributed by atoms with van der Waals surface area (Å²) in [5.74, 6) is 1.61. The molecule has 0 amide bonds. The maximum atomic E-state index is 2.36. The Labute approximate surface area is 94.7 Å². The Kier molecular flexibility index (Phi) is 4.38. The number of hydrogen-bond donors (Lipinski definition) is 0. The van der Waals surface area contributed by atoms with Crippen molar-refractivity contribution in [2.45, 2.75) is 53.4 Å². The molecule has 1 aliphatic rings. The summed E-state index contributed by atoms with van der Waals surface area (Å²) in [6, 6.07) is 6.94. The van der Waals surface area contributed by atoms with E-state index in [0.29, 0.717) is 0 Å². The first kappa shape index (κ1) is 12.3. The van der Waals surface area contributed by atoms with Crippen LogP contribution in [0.15, 0.2) is 18.2 Å². The summed E-state index contributed by atoms with van der Waals surface area (Å²) in [6.45, 7) is 10.8. The van der Waals surface area contributed by atoms with E-state index in [-0.39, 0.29) is 0 Å². The van der Waals surface area contributed by atoms with Gasteiger partial charge < -0.3 is 0 Å². The molecule has 15 heavy (non-hydrogen) atoms. The van der Waals surface area contributed by atoms with E-state index in [9.17, 15) is 0 Å². The molecular weight excluding hydrogens is 180 g/mol. The van der Waals surface area contributed by atoms with Gasteiger partial charge in [-0.3, -0.25) is 0 Å². The molecule has 0 heteroatoms. The summed E-state index contributed by atoms with van der Waals surface area (Å²) in [5.41, 5.74) is 4.61. The molecule has 0 aliphatic heterocycles. The van der Waals surface area contributed by atoms with E-state index in [1.807, 2.05) is 13.8 Å². The van der Waals surface area contributed by atoms with Crippen LogP contribution in [0.2, 0.25) is 0 Å². The molecule has 0 aromatic heterocycles. The van der Waals surface area contributed by atoms with Crippen LogP contribution in [0.5, 0.6) is 0 Å². The lowest BCUT2D eigenvalue weighted by atomic mass is 9.90. The SMILES string of the molecule is CC.Cc1ccc2c(c1)CCC2C(C)C. The number of benzene rings is 1. The van der Waals surface area contributed by atoms with Crippen molar-refractivity contribution < 1.29 is 0 Å². The van der Waals surface area contributed by atoms with Gasteiger partial charge in [0, 0.05) is 0 Å². The normalized spacial score (nSPS) is 18.4. The predicted molar refractivity (Wildman–Crippen MR) is 68.4 cm³/mol. The molecule has 2 rings (SSSR count). The zero-order valence-electron chi connectivity index (χ0n) is 10.8. The lowest BCUT2D eigenvalue weighted by molar-refractivity contribution is 0.496. The fraction of sp³-hybridized carbons (Fsp3) is 0.600. The topological polar surface area (TPSA) is 0 Å². The fourth-order valence-electron chi connectivity index (χ4n) is 2.47. The quantitative estimate of drug-likeness (QED) is 0.621. The monoisotopic (exact) mass is 204 g/mol. The Balaban J connectivity index is 0.000000531. The maximum Gasteiger partial charge on any atom is -0.0133 e. The predicted octanol–water partition coefficient (Wildman–Crippen LogP) is 4.71. The Bertz CT molecular complexity index is 310. The highest BCUT2D eigenvalue weighted by molar-refractivity contribution is 5.38. The third-order valence-electron chi connectivity index (χ3n) is 3.23. The van der Waals surface area contributed by atoms with E-state index >= 15 is 0 Å². The van der Waals surface area contributed by atoms with Crippen LogP contribution in [0.4, 0.5) is 0 Å². The zero-order chi connectivity index (χ0) is 11.4. The summed E-state index contributed by atoms with van der Waals surface area (Å²) in [4.78, 5) is 0. The highest BCUT2D eigenvalue weighted by Crippen LogP contribution is 2.38. The molecule has 1 aromatic rings. The zero-order valence-corrected chi connectivity index (χ0v) is 10.8. The molecule has 1 aromatic carbocycles. The number of fused-ring (bicyclic) bond motifs is 1. The van der Waals surface area contributed by atoms with Crippen LogP contribution in [-0.2, 0) is 6.42 Å². The van der Waals surface area contributed by atoms with E-state index in [0.717, 1.165) is 11.8 Å². The van der Waals surface area contributed by atoms with Crippen molar-refractivity contribution in [3.63, 3.8) is 0 Å². The number of aryl methyl sites for hydroxylation is 2. The molecule has 0 bridgehead atoms. The van der Waals surface area contributed by atoms with Crippen LogP contribution < -0.4 is 0 Å². The second-order valence-corrected chi connectivity index (χ2v) is 4.59. The van der Waals surface area contributed by atoms with E-state index in [1.165, 1.54) is 18.4 Å². The molecule has 0 saturated carbocycles. The molecule has 0 fully saturated rings. The summed E-state index contributed by atoms with van der Waals surface area (Å²) in [5, 5.41) is 0.